The Morgan fingerprint density at radius 3 is 1.93 bits per heavy atom. The van der Waals surface area contributed by atoms with Crippen LogP contribution < -0.4 is 15.5 Å². The molecular weight excluding hydrogens is 338 g/mol. The summed E-state index contributed by atoms with van der Waals surface area (Å²) >= 11 is 0. The predicted octanol–water partition coefficient (Wildman–Crippen LogP) is 3.56. The summed E-state index contributed by atoms with van der Waals surface area (Å²) in [4.78, 5) is 27.2. The van der Waals surface area contributed by atoms with E-state index in [2.05, 4.69) is 29.4 Å². The van der Waals surface area contributed by atoms with Crippen LogP contribution in [0.3, 0.4) is 0 Å². The molecule has 0 saturated heterocycles. The maximum Gasteiger partial charge on any atom is 0.313 e. The van der Waals surface area contributed by atoms with Gasteiger partial charge in [-0.05, 0) is 94.4 Å². The fraction of sp³-hybridized carbons (Fsp3) is 0.636. The standard InChI is InChI=1S/C22H31N3O2/c1-3-25(4-2)19-7-5-18(6-8-19)23-20(26)21(27)24-22-12-15-9-16(13-22)11-17(10-15)14-22/h5-8,15-17H,3-4,9-14H2,1-2H3,(H,23,26)(H,24,27). The van der Waals surface area contributed by atoms with E-state index in [4.69, 9.17) is 0 Å². The van der Waals surface area contributed by atoms with Crippen molar-refractivity contribution < 1.29 is 9.59 Å². The lowest BCUT2D eigenvalue weighted by molar-refractivity contribution is -0.139. The van der Waals surface area contributed by atoms with Gasteiger partial charge in [0.05, 0.1) is 0 Å². The molecule has 0 aliphatic heterocycles. The average Bonchev–Trinajstić information content (AvgIpc) is 2.62. The molecule has 5 nitrogen and oxygen atoms in total. The van der Waals surface area contributed by atoms with Crippen LogP contribution in [0.5, 0.6) is 0 Å². The van der Waals surface area contributed by atoms with Crippen molar-refractivity contribution in [2.75, 3.05) is 23.3 Å². The van der Waals surface area contributed by atoms with Crippen molar-refractivity contribution in [2.24, 2.45) is 17.8 Å². The van der Waals surface area contributed by atoms with Gasteiger partial charge in [0.2, 0.25) is 0 Å². The van der Waals surface area contributed by atoms with Gasteiger partial charge in [-0.2, -0.15) is 0 Å². The van der Waals surface area contributed by atoms with Crippen LogP contribution in [0, 0.1) is 17.8 Å². The van der Waals surface area contributed by atoms with Gasteiger partial charge in [0.25, 0.3) is 0 Å². The number of amides is 2. The fourth-order valence-electron chi connectivity index (χ4n) is 6.09. The smallest absolute Gasteiger partial charge is 0.313 e. The van der Waals surface area contributed by atoms with Gasteiger partial charge in [0.15, 0.2) is 0 Å². The Morgan fingerprint density at radius 1 is 0.926 bits per heavy atom. The third-order valence-electron chi connectivity index (χ3n) is 6.88. The molecular formula is C22H31N3O2. The van der Waals surface area contributed by atoms with E-state index in [1.54, 1.807) is 0 Å². The van der Waals surface area contributed by atoms with Crippen molar-refractivity contribution in [3.05, 3.63) is 24.3 Å². The summed E-state index contributed by atoms with van der Waals surface area (Å²) in [5.41, 5.74) is 1.66. The number of carbonyl (C=O) groups excluding carboxylic acids is 2. The second-order valence-electron chi connectivity index (χ2n) is 8.83. The van der Waals surface area contributed by atoms with E-state index in [1.807, 2.05) is 24.3 Å². The third-order valence-corrected chi connectivity index (χ3v) is 6.88. The molecule has 146 valence electrons. The monoisotopic (exact) mass is 369 g/mol. The molecule has 4 saturated carbocycles. The highest BCUT2D eigenvalue weighted by atomic mass is 16.2. The molecule has 27 heavy (non-hydrogen) atoms. The normalized spacial score (nSPS) is 30.8. The average molecular weight is 370 g/mol. The van der Waals surface area contributed by atoms with E-state index in [0.717, 1.165) is 55.8 Å². The zero-order chi connectivity index (χ0) is 19.0. The molecule has 4 bridgehead atoms. The van der Waals surface area contributed by atoms with Crippen molar-refractivity contribution in [2.45, 2.75) is 57.9 Å². The first kappa shape index (κ1) is 18.3. The maximum atomic E-state index is 12.6. The second-order valence-corrected chi connectivity index (χ2v) is 8.83. The maximum absolute atomic E-state index is 12.6. The van der Waals surface area contributed by atoms with E-state index in [9.17, 15) is 9.59 Å². The van der Waals surface area contributed by atoms with E-state index in [-0.39, 0.29) is 5.54 Å². The van der Waals surface area contributed by atoms with Crippen LogP contribution in [-0.2, 0) is 9.59 Å². The Kier molecular flexibility index (Phi) is 4.87. The van der Waals surface area contributed by atoms with Crippen molar-refractivity contribution in [1.82, 2.24) is 5.32 Å². The Labute approximate surface area is 161 Å². The van der Waals surface area contributed by atoms with Crippen molar-refractivity contribution in [3.63, 3.8) is 0 Å². The van der Waals surface area contributed by atoms with Gasteiger partial charge in [-0.3, -0.25) is 9.59 Å². The van der Waals surface area contributed by atoms with E-state index in [1.165, 1.54) is 19.3 Å². The van der Waals surface area contributed by atoms with Crippen LogP contribution in [0.4, 0.5) is 11.4 Å². The number of benzene rings is 1. The predicted molar refractivity (Wildman–Crippen MR) is 108 cm³/mol. The van der Waals surface area contributed by atoms with Crippen LogP contribution in [0.2, 0.25) is 0 Å². The SMILES string of the molecule is CCN(CC)c1ccc(NC(=O)C(=O)NC23CC4CC(CC(C4)C2)C3)cc1. The van der Waals surface area contributed by atoms with Crippen LogP contribution in [0.25, 0.3) is 0 Å². The van der Waals surface area contributed by atoms with Gasteiger partial charge in [-0.15, -0.1) is 0 Å². The van der Waals surface area contributed by atoms with Gasteiger partial charge < -0.3 is 15.5 Å². The van der Waals surface area contributed by atoms with Crippen molar-refractivity contribution in [1.29, 1.82) is 0 Å². The first-order valence-corrected chi connectivity index (χ1v) is 10.5. The minimum Gasteiger partial charge on any atom is -0.372 e. The summed E-state index contributed by atoms with van der Waals surface area (Å²) in [5, 5.41) is 5.89. The van der Waals surface area contributed by atoms with E-state index >= 15 is 0 Å². The van der Waals surface area contributed by atoms with Gasteiger partial charge in [0, 0.05) is 30.0 Å². The minimum absolute atomic E-state index is 0.129. The number of rotatable bonds is 5. The number of hydrogen-bond donors (Lipinski definition) is 2. The summed E-state index contributed by atoms with van der Waals surface area (Å²) in [7, 11) is 0. The molecule has 5 heteroatoms. The molecule has 0 heterocycles. The van der Waals surface area contributed by atoms with Gasteiger partial charge in [0.1, 0.15) is 0 Å². The Morgan fingerprint density at radius 2 is 1.44 bits per heavy atom. The largest absolute Gasteiger partial charge is 0.372 e. The van der Waals surface area contributed by atoms with Crippen molar-refractivity contribution in [3.8, 4) is 0 Å². The zero-order valence-corrected chi connectivity index (χ0v) is 16.5. The third kappa shape index (κ3) is 3.69. The Balaban J connectivity index is 1.36. The topological polar surface area (TPSA) is 61.4 Å². The molecule has 0 aromatic heterocycles. The summed E-state index contributed by atoms with van der Waals surface area (Å²) in [5.74, 6) is 1.19. The molecule has 4 aliphatic carbocycles. The molecule has 4 aliphatic rings. The van der Waals surface area contributed by atoms with Gasteiger partial charge in [-0.1, -0.05) is 0 Å². The lowest BCUT2D eigenvalue weighted by Gasteiger charge is -2.56. The first-order chi connectivity index (χ1) is 13.0. The first-order valence-electron chi connectivity index (χ1n) is 10.5. The highest BCUT2D eigenvalue weighted by molar-refractivity contribution is 6.39. The molecule has 0 atom stereocenters. The number of nitrogens with zero attached hydrogens (tertiary/aromatic N) is 1. The summed E-state index contributed by atoms with van der Waals surface area (Å²) in [6.45, 7) is 6.12. The molecule has 0 radical (unpaired) electrons. The number of nitrogens with one attached hydrogen (secondary N) is 2. The molecule has 2 N–H and O–H groups in total. The van der Waals surface area contributed by atoms with E-state index in [0.29, 0.717) is 5.69 Å². The second kappa shape index (κ2) is 7.17. The van der Waals surface area contributed by atoms with Crippen LogP contribution in [-0.4, -0.2) is 30.4 Å². The Bertz CT molecular complexity index is 673. The molecule has 0 spiro atoms. The van der Waals surface area contributed by atoms with Crippen LogP contribution >= 0.6 is 0 Å². The number of anilines is 2. The van der Waals surface area contributed by atoms with Crippen LogP contribution in [0.15, 0.2) is 24.3 Å². The highest BCUT2D eigenvalue weighted by Crippen LogP contribution is 2.55. The lowest BCUT2D eigenvalue weighted by atomic mass is 9.53. The molecule has 1 aromatic rings. The summed E-state index contributed by atoms with van der Waals surface area (Å²) in [6, 6.07) is 7.70. The summed E-state index contributed by atoms with van der Waals surface area (Å²) < 4.78 is 0. The van der Waals surface area contributed by atoms with Gasteiger partial charge in [-0.25, -0.2) is 0 Å². The molecule has 5 rings (SSSR count). The summed E-state index contributed by atoms with van der Waals surface area (Å²) in [6.07, 6.45) is 7.12. The zero-order valence-electron chi connectivity index (χ0n) is 16.5. The van der Waals surface area contributed by atoms with Crippen LogP contribution in [0.1, 0.15) is 52.4 Å². The molecule has 0 unspecified atom stereocenters. The molecule has 1 aromatic carbocycles. The molecule has 4 fully saturated rings. The highest BCUT2D eigenvalue weighted by Gasteiger charge is 2.51. The van der Waals surface area contributed by atoms with Gasteiger partial charge >= 0.3 is 11.8 Å². The fourth-order valence-corrected chi connectivity index (χ4v) is 6.09. The van der Waals surface area contributed by atoms with E-state index < -0.39 is 11.8 Å². The number of hydrogen-bond acceptors (Lipinski definition) is 3. The van der Waals surface area contributed by atoms with Crippen molar-refractivity contribution >= 4 is 23.2 Å². The molecule has 2 amide bonds. The quantitative estimate of drug-likeness (QED) is 0.780. The minimum atomic E-state index is -0.554. The lowest BCUT2D eigenvalue weighted by Crippen LogP contribution is -2.61. The number of carbonyl (C=O) groups is 2. The Hall–Kier alpha value is -2.04.